The highest BCUT2D eigenvalue weighted by Crippen LogP contribution is 2.50. The predicted molar refractivity (Wildman–Crippen MR) is 94.6 cm³/mol. The van der Waals surface area contributed by atoms with Crippen molar-refractivity contribution in [2.45, 2.75) is 43.3 Å². The number of amides is 1. The fourth-order valence-electron chi connectivity index (χ4n) is 4.08. The maximum absolute atomic E-state index is 13.2. The Bertz CT molecular complexity index is 981. The van der Waals surface area contributed by atoms with Gasteiger partial charge in [-0.2, -0.15) is 13.2 Å². The Hall–Kier alpha value is -2.65. The van der Waals surface area contributed by atoms with E-state index >= 15 is 0 Å². The molecule has 10 heteroatoms. The van der Waals surface area contributed by atoms with Crippen molar-refractivity contribution in [1.82, 2.24) is 19.2 Å². The fraction of sp³-hybridized carbons (Fsp3) is 0.526. The van der Waals surface area contributed by atoms with Crippen LogP contribution in [0.1, 0.15) is 43.1 Å². The summed E-state index contributed by atoms with van der Waals surface area (Å²) in [4.78, 5) is 26.9. The molecule has 156 valence electrons. The number of rotatable bonds is 3. The first kappa shape index (κ1) is 19.7. The number of halogens is 4. The van der Waals surface area contributed by atoms with Gasteiger partial charge in [0.1, 0.15) is 5.82 Å². The average molecular weight is 412 g/mol. The van der Waals surface area contributed by atoms with E-state index in [0.29, 0.717) is 43.3 Å². The van der Waals surface area contributed by atoms with Gasteiger partial charge in [-0.05, 0) is 43.4 Å². The summed E-state index contributed by atoms with van der Waals surface area (Å²) in [5, 5.41) is 3.49. The summed E-state index contributed by atoms with van der Waals surface area (Å²) >= 11 is 0. The SMILES string of the molecule is Cn1c(C(F)(F)F)nn(C2CCN(C(=O)C3(c4ccc(F)cc4)CC3)CC2)c1=O. The summed E-state index contributed by atoms with van der Waals surface area (Å²) < 4.78 is 53.6. The van der Waals surface area contributed by atoms with E-state index in [-0.39, 0.29) is 11.7 Å². The van der Waals surface area contributed by atoms with Gasteiger partial charge in [-0.3, -0.25) is 9.36 Å². The van der Waals surface area contributed by atoms with Gasteiger partial charge in [-0.25, -0.2) is 13.9 Å². The van der Waals surface area contributed by atoms with E-state index in [4.69, 9.17) is 0 Å². The number of hydrogen-bond donors (Lipinski definition) is 0. The minimum atomic E-state index is -4.71. The van der Waals surface area contributed by atoms with Crippen LogP contribution in [0.2, 0.25) is 0 Å². The Morgan fingerprint density at radius 1 is 1.14 bits per heavy atom. The van der Waals surface area contributed by atoms with E-state index in [1.54, 1.807) is 17.0 Å². The molecule has 1 saturated heterocycles. The molecule has 0 N–H and O–H groups in total. The Morgan fingerprint density at radius 3 is 2.21 bits per heavy atom. The quantitative estimate of drug-likeness (QED) is 0.729. The van der Waals surface area contributed by atoms with E-state index < -0.39 is 29.1 Å². The summed E-state index contributed by atoms with van der Waals surface area (Å²) in [5.41, 5.74) is -0.667. The van der Waals surface area contributed by atoms with Gasteiger partial charge in [-0.15, -0.1) is 5.10 Å². The number of nitrogens with zero attached hydrogens (tertiary/aromatic N) is 4. The third-order valence-electron chi connectivity index (χ3n) is 5.91. The topological polar surface area (TPSA) is 60.1 Å². The smallest absolute Gasteiger partial charge is 0.342 e. The van der Waals surface area contributed by atoms with Gasteiger partial charge in [0.2, 0.25) is 11.7 Å². The van der Waals surface area contributed by atoms with Crippen molar-refractivity contribution in [1.29, 1.82) is 0 Å². The number of benzene rings is 1. The summed E-state index contributed by atoms with van der Waals surface area (Å²) in [7, 11) is 1.05. The number of carbonyl (C=O) groups excluding carboxylic acids is 1. The Balaban J connectivity index is 1.47. The van der Waals surface area contributed by atoms with Gasteiger partial charge in [0.25, 0.3) is 0 Å². The van der Waals surface area contributed by atoms with Crippen LogP contribution in [0.3, 0.4) is 0 Å². The summed E-state index contributed by atoms with van der Waals surface area (Å²) in [6.45, 7) is 0.660. The second-order valence-corrected chi connectivity index (χ2v) is 7.72. The molecule has 1 aliphatic heterocycles. The lowest BCUT2D eigenvalue weighted by Gasteiger charge is -2.34. The molecule has 6 nitrogen and oxygen atoms in total. The van der Waals surface area contributed by atoms with Gasteiger partial charge >= 0.3 is 11.9 Å². The Morgan fingerprint density at radius 2 is 1.72 bits per heavy atom. The highest BCUT2D eigenvalue weighted by Gasteiger charge is 2.53. The molecule has 1 aromatic heterocycles. The van der Waals surface area contributed by atoms with Crippen LogP contribution in [-0.4, -0.2) is 38.2 Å². The Labute approximate surface area is 163 Å². The maximum Gasteiger partial charge on any atom is 0.451 e. The van der Waals surface area contributed by atoms with Crippen molar-refractivity contribution < 1.29 is 22.4 Å². The lowest BCUT2D eigenvalue weighted by atomic mass is 9.93. The van der Waals surface area contributed by atoms with Gasteiger partial charge in [0.05, 0.1) is 11.5 Å². The molecule has 2 fully saturated rings. The number of hydrogen-bond acceptors (Lipinski definition) is 3. The lowest BCUT2D eigenvalue weighted by molar-refractivity contribution is -0.147. The maximum atomic E-state index is 13.2. The zero-order valence-electron chi connectivity index (χ0n) is 15.7. The number of carbonyl (C=O) groups is 1. The average Bonchev–Trinajstić information content (AvgIpc) is 3.43. The number of alkyl halides is 3. The van der Waals surface area contributed by atoms with Gasteiger partial charge in [-0.1, -0.05) is 12.1 Å². The number of likely N-dealkylation sites (tertiary alicyclic amines) is 1. The monoisotopic (exact) mass is 412 g/mol. The molecular weight excluding hydrogens is 392 g/mol. The largest absolute Gasteiger partial charge is 0.451 e. The fourth-order valence-corrected chi connectivity index (χ4v) is 4.08. The number of piperidine rings is 1. The molecule has 1 amide bonds. The van der Waals surface area contributed by atoms with Gasteiger partial charge < -0.3 is 4.90 Å². The van der Waals surface area contributed by atoms with Gasteiger partial charge in [0, 0.05) is 20.1 Å². The second kappa shape index (κ2) is 6.70. The molecule has 4 rings (SSSR count). The minimum Gasteiger partial charge on any atom is -0.342 e. The zero-order chi connectivity index (χ0) is 21.0. The predicted octanol–water partition coefficient (Wildman–Crippen LogP) is 2.64. The molecule has 0 atom stereocenters. The van der Waals surface area contributed by atoms with E-state index in [1.165, 1.54) is 12.1 Å². The molecular formula is C19H20F4N4O2. The summed E-state index contributed by atoms with van der Waals surface area (Å²) in [6, 6.07) is 5.43. The van der Waals surface area contributed by atoms with Crippen LogP contribution in [0.25, 0.3) is 0 Å². The number of aromatic nitrogens is 3. The van der Waals surface area contributed by atoms with E-state index in [1.807, 2.05) is 0 Å². The molecule has 0 unspecified atom stereocenters. The van der Waals surface area contributed by atoms with Crippen LogP contribution in [0, 0.1) is 5.82 Å². The molecule has 2 aromatic rings. The minimum absolute atomic E-state index is 0.0492. The normalized spacial score (nSPS) is 19.4. The molecule has 2 aliphatic rings. The van der Waals surface area contributed by atoms with Crippen molar-refractivity contribution >= 4 is 5.91 Å². The highest BCUT2D eigenvalue weighted by atomic mass is 19.4. The summed E-state index contributed by atoms with van der Waals surface area (Å²) in [6.07, 6.45) is -2.64. The third kappa shape index (κ3) is 3.34. The third-order valence-corrected chi connectivity index (χ3v) is 5.91. The van der Waals surface area contributed by atoms with Crippen molar-refractivity contribution in [2.24, 2.45) is 7.05 Å². The van der Waals surface area contributed by atoms with E-state index in [9.17, 15) is 27.2 Å². The van der Waals surface area contributed by atoms with Crippen LogP contribution in [0.5, 0.6) is 0 Å². The molecule has 0 spiro atoms. The van der Waals surface area contributed by atoms with Crippen LogP contribution in [-0.2, 0) is 23.4 Å². The molecule has 1 saturated carbocycles. The van der Waals surface area contributed by atoms with E-state index in [2.05, 4.69) is 5.10 Å². The first-order chi connectivity index (χ1) is 13.6. The van der Waals surface area contributed by atoms with Crippen molar-refractivity contribution in [3.63, 3.8) is 0 Å². The molecule has 0 radical (unpaired) electrons. The second-order valence-electron chi connectivity index (χ2n) is 7.72. The van der Waals surface area contributed by atoms with Crippen molar-refractivity contribution in [2.75, 3.05) is 13.1 Å². The van der Waals surface area contributed by atoms with Crippen LogP contribution in [0.4, 0.5) is 17.6 Å². The highest BCUT2D eigenvalue weighted by molar-refractivity contribution is 5.91. The molecule has 29 heavy (non-hydrogen) atoms. The zero-order valence-corrected chi connectivity index (χ0v) is 15.7. The summed E-state index contributed by atoms with van der Waals surface area (Å²) in [5.74, 6) is -1.64. The lowest BCUT2D eigenvalue weighted by Crippen LogP contribution is -2.45. The van der Waals surface area contributed by atoms with Crippen LogP contribution < -0.4 is 5.69 Å². The van der Waals surface area contributed by atoms with E-state index in [0.717, 1.165) is 17.3 Å². The first-order valence-corrected chi connectivity index (χ1v) is 9.42. The molecule has 2 heterocycles. The van der Waals surface area contributed by atoms with Gasteiger partial charge in [0.15, 0.2) is 0 Å². The first-order valence-electron chi connectivity index (χ1n) is 9.42. The van der Waals surface area contributed by atoms with Crippen molar-refractivity contribution in [3.05, 3.63) is 52.0 Å². The standard InChI is InChI=1S/C19H20F4N4O2/c1-25-15(19(21,22)23)24-27(17(25)29)14-6-10-26(11-7-14)16(28)18(8-9-18)12-2-4-13(20)5-3-12/h2-5,14H,6-11H2,1H3. The molecule has 1 aliphatic carbocycles. The van der Waals surface area contributed by atoms with Crippen LogP contribution in [0.15, 0.2) is 29.1 Å². The molecule has 0 bridgehead atoms. The van der Waals surface area contributed by atoms with Crippen LogP contribution >= 0.6 is 0 Å². The molecule has 1 aromatic carbocycles. The van der Waals surface area contributed by atoms with Crippen molar-refractivity contribution in [3.8, 4) is 0 Å². The Kier molecular flexibility index (Phi) is 4.54.